The summed E-state index contributed by atoms with van der Waals surface area (Å²) in [5, 5.41) is 20.1. The van der Waals surface area contributed by atoms with Crippen molar-refractivity contribution in [3.05, 3.63) is 34.9 Å². The Kier molecular flexibility index (Phi) is 4.74. The number of hydrogen-bond donors (Lipinski definition) is 2. The average molecular weight is 318 g/mol. The second-order valence-corrected chi connectivity index (χ2v) is 4.93. The van der Waals surface area contributed by atoms with Crippen LogP contribution in [0.4, 0.5) is 0 Å². The molecule has 0 aromatic heterocycles. The fourth-order valence-electron chi connectivity index (χ4n) is 2.54. The van der Waals surface area contributed by atoms with Crippen LogP contribution in [-0.2, 0) is 0 Å². The van der Waals surface area contributed by atoms with Gasteiger partial charge in [0.15, 0.2) is 0 Å². The molecule has 2 rings (SSSR count). The fourth-order valence-corrected chi connectivity index (χ4v) is 2.54. The minimum Gasteiger partial charge on any atom is -0.492 e. The highest BCUT2D eigenvalue weighted by Gasteiger charge is 2.30. The van der Waals surface area contributed by atoms with E-state index in [4.69, 9.17) is 9.47 Å². The minimum absolute atomic E-state index is 0.0517. The van der Waals surface area contributed by atoms with Gasteiger partial charge in [0.1, 0.15) is 22.6 Å². The van der Waals surface area contributed by atoms with Crippen LogP contribution in [-0.4, -0.2) is 35.4 Å². The van der Waals surface area contributed by atoms with E-state index < -0.39 is 11.9 Å². The molecule has 2 aromatic rings. The maximum Gasteiger partial charge on any atom is 0.340 e. The molecule has 0 saturated carbocycles. The third kappa shape index (κ3) is 2.92. The third-order valence-corrected chi connectivity index (χ3v) is 3.37. The van der Waals surface area contributed by atoms with Gasteiger partial charge in [-0.3, -0.25) is 0 Å². The molecular formula is C17H18O6. The Labute approximate surface area is 133 Å². The number of hydrogen-bond acceptors (Lipinski definition) is 4. The van der Waals surface area contributed by atoms with Crippen molar-refractivity contribution in [1.29, 1.82) is 0 Å². The van der Waals surface area contributed by atoms with Crippen molar-refractivity contribution < 1.29 is 29.3 Å². The molecule has 122 valence electrons. The molecule has 0 heterocycles. The number of aryl methyl sites for hydroxylation is 1. The molecule has 2 aromatic carbocycles. The van der Waals surface area contributed by atoms with Crippen molar-refractivity contribution >= 4 is 22.7 Å². The Hall–Kier alpha value is -2.76. The highest BCUT2D eigenvalue weighted by molar-refractivity contribution is 6.13. The first-order valence-electron chi connectivity index (χ1n) is 7.24. The van der Waals surface area contributed by atoms with Crippen molar-refractivity contribution in [2.75, 3.05) is 13.2 Å². The molecule has 6 nitrogen and oxygen atoms in total. The van der Waals surface area contributed by atoms with Gasteiger partial charge in [-0.2, -0.15) is 0 Å². The summed E-state index contributed by atoms with van der Waals surface area (Å²) in [6.45, 7) is 5.72. The van der Waals surface area contributed by atoms with Gasteiger partial charge in [0.05, 0.1) is 13.2 Å². The lowest BCUT2D eigenvalue weighted by molar-refractivity contribution is 0.0644. The maximum atomic E-state index is 11.7. The third-order valence-electron chi connectivity index (χ3n) is 3.37. The van der Waals surface area contributed by atoms with Gasteiger partial charge in [-0.25, -0.2) is 9.59 Å². The predicted octanol–water partition coefficient (Wildman–Crippen LogP) is 3.34. The van der Waals surface area contributed by atoms with Gasteiger partial charge in [0.2, 0.25) is 0 Å². The molecule has 2 N–H and O–H groups in total. The van der Waals surface area contributed by atoms with Crippen LogP contribution in [0.2, 0.25) is 0 Å². The molecule has 0 bridgehead atoms. The number of ether oxygens (including phenoxy) is 2. The van der Waals surface area contributed by atoms with Crippen LogP contribution in [0.5, 0.6) is 11.5 Å². The molecule has 0 fully saturated rings. The van der Waals surface area contributed by atoms with E-state index in [1.54, 1.807) is 26.0 Å². The first-order chi connectivity index (χ1) is 10.9. The van der Waals surface area contributed by atoms with Crippen LogP contribution < -0.4 is 9.47 Å². The van der Waals surface area contributed by atoms with E-state index in [0.29, 0.717) is 10.8 Å². The Morgan fingerprint density at radius 2 is 1.39 bits per heavy atom. The van der Waals surface area contributed by atoms with Crippen molar-refractivity contribution in [3.8, 4) is 11.5 Å². The molecule has 0 aliphatic carbocycles. The van der Waals surface area contributed by atoms with Gasteiger partial charge >= 0.3 is 11.9 Å². The molecule has 0 aliphatic rings. The summed E-state index contributed by atoms with van der Waals surface area (Å²) in [5.74, 6) is -2.63. The molecule has 6 heteroatoms. The zero-order valence-electron chi connectivity index (χ0n) is 13.2. The first kappa shape index (κ1) is 16.6. The quantitative estimate of drug-likeness (QED) is 0.848. The predicted molar refractivity (Wildman–Crippen MR) is 84.9 cm³/mol. The van der Waals surface area contributed by atoms with Gasteiger partial charge in [0, 0.05) is 10.8 Å². The topological polar surface area (TPSA) is 93.1 Å². The summed E-state index contributed by atoms with van der Waals surface area (Å²) in [7, 11) is 0. The summed E-state index contributed by atoms with van der Waals surface area (Å²) in [5.41, 5.74) is 0.125. The van der Waals surface area contributed by atoms with E-state index >= 15 is 0 Å². The summed E-state index contributed by atoms with van der Waals surface area (Å²) in [6, 6.07) is 5.30. The lowest BCUT2D eigenvalue weighted by atomic mass is 9.96. The number of carboxylic acid groups (broad SMARTS) is 2. The van der Waals surface area contributed by atoms with Crippen LogP contribution >= 0.6 is 0 Å². The van der Waals surface area contributed by atoms with Crippen LogP contribution in [0, 0.1) is 6.92 Å². The van der Waals surface area contributed by atoms with E-state index in [1.807, 2.05) is 13.0 Å². The number of rotatable bonds is 6. The number of carbonyl (C=O) groups is 2. The Morgan fingerprint density at radius 1 is 0.913 bits per heavy atom. The lowest BCUT2D eigenvalue weighted by Crippen LogP contribution is -2.14. The Bertz CT molecular complexity index is 778. The van der Waals surface area contributed by atoms with Gasteiger partial charge in [-0.1, -0.05) is 17.7 Å². The molecule has 0 unspecified atom stereocenters. The number of carboxylic acids is 2. The zero-order chi connectivity index (χ0) is 17.1. The van der Waals surface area contributed by atoms with Crippen molar-refractivity contribution in [2.24, 2.45) is 0 Å². The molecule has 0 atom stereocenters. The molecule has 0 spiro atoms. The summed E-state index contributed by atoms with van der Waals surface area (Å²) in [6.07, 6.45) is 0. The second kappa shape index (κ2) is 6.56. The highest BCUT2D eigenvalue weighted by atomic mass is 16.5. The smallest absolute Gasteiger partial charge is 0.340 e. The largest absolute Gasteiger partial charge is 0.492 e. The molecule has 23 heavy (non-hydrogen) atoms. The van der Waals surface area contributed by atoms with Crippen molar-refractivity contribution in [1.82, 2.24) is 0 Å². The minimum atomic E-state index is -1.37. The number of benzene rings is 2. The van der Waals surface area contributed by atoms with E-state index in [2.05, 4.69) is 0 Å². The summed E-state index contributed by atoms with van der Waals surface area (Å²) in [4.78, 5) is 23.4. The second-order valence-electron chi connectivity index (χ2n) is 4.93. The van der Waals surface area contributed by atoms with Crippen molar-refractivity contribution in [3.63, 3.8) is 0 Å². The van der Waals surface area contributed by atoms with Gasteiger partial charge in [-0.15, -0.1) is 0 Å². The normalized spacial score (nSPS) is 10.6. The summed E-state index contributed by atoms with van der Waals surface area (Å²) < 4.78 is 11.0. The highest BCUT2D eigenvalue weighted by Crippen LogP contribution is 2.41. The molecule has 0 radical (unpaired) electrons. The van der Waals surface area contributed by atoms with Crippen LogP contribution in [0.15, 0.2) is 18.2 Å². The Morgan fingerprint density at radius 3 is 1.83 bits per heavy atom. The van der Waals surface area contributed by atoms with E-state index in [-0.39, 0.29) is 35.8 Å². The van der Waals surface area contributed by atoms with Gasteiger partial charge in [-0.05, 0) is 26.8 Å². The monoisotopic (exact) mass is 318 g/mol. The number of fused-ring (bicyclic) bond motifs is 1. The Balaban J connectivity index is 3.06. The van der Waals surface area contributed by atoms with Crippen LogP contribution in [0.3, 0.4) is 0 Å². The van der Waals surface area contributed by atoms with Gasteiger partial charge in [0.25, 0.3) is 0 Å². The van der Waals surface area contributed by atoms with E-state index in [9.17, 15) is 19.8 Å². The fraction of sp³-hybridized carbons (Fsp3) is 0.294. The van der Waals surface area contributed by atoms with E-state index in [1.165, 1.54) is 0 Å². The molecular weight excluding hydrogens is 300 g/mol. The standard InChI is InChI=1S/C17H18O6/c1-4-22-14-10-7-6-9(3)8-11(10)15(23-5-2)13(17(20)21)12(14)16(18)19/h6-8H,4-5H2,1-3H3,(H,18,19)(H,20,21). The SMILES string of the molecule is CCOc1c(C(=O)O)c(C(=O)O)c(OCC)c2cc(C)ccc12. The molecule has 0 amide bonds. The van der Waals surface area contributed by atoms with Crippen LogP contribution in [0.25, 0.3) is 10.8 Å². The average Bonchev–Trinajstić information content (AvgIpc) is 2.48. The number of aromatic carboxylic acids is 2. The lowest BCUT2D eigenvalue weighted by Gasteiger charge is -2.18. The van der Waals surface area contributed by atoms with Gasteiger partial charge < -0.3 is 19.7 Å². The maximum absolute atomic E-state index is 11.7. The summed E-state index contributed by atoms with van der Waals surface area (Å²) >= 11 is 0. The molecule has 0 saturated heterocycles. The zero-order valence-corrected chi connectivity index (χ0v) is 13.2. The molecule has 0 aliphatic heterocycles. The first-order valence-corrected chi connectivity index (χ1v) is 7.24. The van der Waals surface area contributed by atoms with E-state index in [0.717, 1.165) is 5.56 Å². The van der Waals surface area contributed by atoms with Crippen LogP contribution in [0.1, 0.15) is 40.1 Å². The van der Waals surface area contributed by atoms with Crippen molar-refractivity contribution in [2.45, 2.75) is 20.8 Å².